The summed E-state index contributed by atoms with van der Waals surface area (Å²) in [4.78, 5) is 84.1. The summed E-state index contributed by atoms with van der Waals surface area (Å²) in [6.07, 6.45) is -3.78. The van der Waals surface area contributed by atoms with Crippen molar-refractivity contribution >= 4 is 36.2 Å². The van der Waals surface area contributed by atoms with Gasteiger partial charge in [0.05, 0.1) is 25.5 Å². The van der Waals surface area contributed by atoms with Crippen LogP contribution >= 0.6 is 0 Å². The Kier molecular flexibility index (Phi) is 11.1. The Balaban J connectivity index is 1.93. The van der Waals surface area contributed by atoms with Crippen LogP contribution in [0.2, 0.25) is 0 Å². The summed E-state index contributed by atoms with van der Waals surface area (Å²) in [7, 11) is 1.05. The fourth-order valence-electron chi connectivity index (χ4n) is 3.28. The molecule has 41 heavy (non-hydrogen) atoms. The van der Waals surface area contributed by atoms with Crippen LogP contribution in [0.15, 0.2) is 30.3 Å². The van der Waals surface area contributed by atoms with Crippen LogP contribution in [0.25, 0.3) is 0 Å². The van der Waals surface area contributed by atoms with Crippen molar-refractivity contribution in [2.24, 2.45) is 5.92 Å². The van der Waals surface area contributed by atoms with Gasteiger partial charge in [-0.2, -0.15) is 0 Å². The van der Waals surface area contributed by atoms with E-state index >= 15 is 0 Å². The molecule has 1 aliphatic carbocycles. The van der Waals surface area contributed by atoms with Crippen molar-refractivity contribution in [3.8, 4) is 0 Å². The zero-order chi connectivity index (χ0) is 31.0. The highest BCUT2D eigenvalue weighted by molar-refractivity contribution is 5.91. The number of hydrogen-bond donors (Lipinski definition) is 1. The minimum Gasteiger partial charge on any atom is -0.467 e. The van der Waals surface area contributed by atoms with Gasteiger partial charge in [-0.15, -0.1) is 0 Å². The molecular weight excluding hydrogens is 544 g/mol. The first-order valence-corrected chi connectivity index (χ1v) is 12.7. The number of amides is 3. The third-order valence-electron chi connectivity index (χ3n) is 5.15. The van der Waals surface area contributed by atoms with E-state index in [4.69, 9.17) is 14.2 Å². The Morgan fingerprint density at radius 1 is 0.902 bits per heavy atom. The molecule has 1 N–H and O–H groups in total. The van der Waals surface area contributed by atoms with Gasteiger partial charge in [0.15, 0.2) is 0 Å². The molecule has 1 aromatic carbocycles. The van der Waals surface area contributed by atoms with Gasteiger partial charge in [0.25, 0.3) is 0 Å². The van der Waals surface area contributed by atoms with Gasteiger partial charge in [0, 0.05) is 0 Å². The van der Waals surface area contributed by atoms with E-state index < -0.39 is 71.8 Å². The zero-order valence-corrected chi connectivity index (χ0v) is 24.1. The van der Waals surface area contributed by atoms with E-state index in [-0.39, 0.29) is 13.0 Å². The maximum atomic E-state index is 12.7. The molecule has 3 atom stereocenters. The van der Waals surface area contributed by atoms with Crippen LogP contribution in [0.4, 0.5) is 14.4 Å². The number of imide groups is 1. The molecule has 1 aromatic rings. The smallest absolute Gasteiger partial charge is 0.420 e. The predicted octanol–water partition coefficient (Wildman–Crippen LogP) is 3.41. The molecule has 226 valence electrons. The lowest BCUT2D eigenvalue weighted by molar-refractivity contribution is -0.260. The summed E-state index contributed by atoms with van der Waals surface area (Å²) >= 11 is 0. The molecule has 0 saturated heterocycles. The van der Waals surface area contributed by atoms with Crippen molar-refractivity contribution in [2.45, 2.75) is 84.3 Å². The van der Waals surface area contributed by atoms with Gasteiger partial charge in [-0.05, 0) is 53.5 Å². The van der Waals surface area contributed by atoms with Crippen molar-refractivity contribution in [3.05, 3.63) is 35.9 Å². The predicted molar refractivity (Wildman–Crippen MR) is 139 cm³/mol. The summed E-state index contributed by atoms with van der Waals surface area (Å²) < 4.78 is 20.2. The van der Waals surface area contributed by atoms with Crippen LogP contribution in [-0.4, -0.2) is 71.5 Å². The highest BCUT2D eigenvalue weighted by Crippen LogP contribution is 2.38. The molecule has 0 bridgehead atoms. The average molecular weight is 581 g/mol. The maximum Gasteiger partial charge on any atom is 0.420 e. The van der Waals surface area contributed by atoms with Gasteiger partial charge in [-0.1, -0.05) is 30.3 Å². The van der Waals surface area contributed by atoms with Crippen LogP contribution in [0.3, 0.4) is 0 Å². The second-order valence-corrected chi connectivity index (χ2v) is 11.1. The number of esters is 1. The average Bonchev–Trinajstić information content (AvgIpc) is 3.64. The number of nitrogens with one attached hydrogen (secondary N) is 1. The fraction of sp³-hybridized carbons (Fsp3) is 0.556. The van der Waals surface area contributed by atoms with E-state index in [1.165, 1.54) is 0 Å². The first-order chi connectivity index (χ1) is 19.0. The molecule has 1 saturated carbocycles. The molecule has 14 nitrogen and oxygen atoms in total. The van der Waals surface area contributed by atoms with E-state index in [1.807, 2.05) is 0 Å². The number of nitrogens with zero attached hydrogens (tertiary/aromatic N) is 1. The Bertz CT molecular complexity index is 1100. The minimum atomic E-state index is -1.50. The SMILES string of the molecule is COC(=O)[C@H](CC(=O)OOC(=O)[C@H]1C[C@@H]1N(C(=O)OC(C)(C)C)C(=O)OC(C)(C)C)NC(=O)OCc1ccccc1. The van der Waals surface area contributed by atoms with Crippen LogP contribution in [0.1, 0.15) is 59.9 Å². The van der Waals surface area contributed by atoms with Crippen molar-refractivity contribution < 1.29 is 57.5 Å². The van der Waals surface area contributed by atoms with Crippen LogP contribution < -0.4 is 5.32 Å². The standard InChI is InChI=1S/C27H36N2O12/c1-26(2,3)38-24(34)29(25(35)39-27(4,5)6)19-13-17(19)21(31)41-40-20(30)14-18(22(32)36-7)28-23(33)37-15-16-11-9-8-10-12-16/h8-12,17-19H,13-15H2,1-7H3,(H,28,33)/t17-,18-,19-/m0/s1. The monoisotopic (exact) mass is 580 g/mol. The number of benzene rings is 1. The second kappa shape index (κ2) is 13.8. The Morgan fingerprint density at radius 2 is 1.46 bits per heavy atom. The molecule has 0 spiro atoms. The molecule has 2 rings (SSSR count). The van der Waals surface area contributed by atoms with E-state index in [0.29, 0.717) is 10.5 Å². The first kappa shape index (κ1) is 32.8. The van der Waals surface area contributed by atoms with Crippen molar-refractivity contribution in [2.75, 3.05) is 7.11 Å². The van der Waals surface area contributed by atoms with Crippen LogP contribution in [0.5, 0.6) is 0 Å². The fourth-order valence-corrected chi connectivity index (χ4v) is 3.28. The van der Waals surface area contributed by atoms with Gasteiger partial charge in [0.1, 0.15) is 23.9 Å². The third-order valence-corrected chi connectivity index (χ3v) is 5.15. The second-order valence-electron chi connectivity index (χ2n) is 11.1. The molecule has 0 heterocycles. The largest absolute Gasteiger partial charge is 0.467 e. The molecule has 0 radical (unpaired) electrons. The highest BCUT2D eigenvalue weighted by Gasteiger charge is 2.55. The maximum absolute atomic E-state index is 12.7. The van der Waals surface area contributed by atoms with E-state index in [2.05, 4.69) is 19.8 Å². The number of carbonyl (C=O) groups is 6. The van der Waals surface area contributed by atoms with Crippen LogP contribution in [0, 0.1) is 5.92 Å². The zero-order valence-electron chi connectivity index (χ0n) is 24.1. The van der Waals surface area contributed by atoms with E-state index in [9.17, 15) is 28.8 Å². The van der Waals surface area contributed by atoms with Crippen molar-refractivity contribution in [1.29, 1.82) is 0 Å². The molecule has 3 amide bonds. The summed E-state index contributed by atoms with van der Waals surface area (Å²) in [5, 5.41) is 2.19. The lowest BCUT2D eigenvalue weighted by Gasteiger charge is -2.28. The summed E-state index contributed by atoms with van der Waals surface area (Å²) in [6.45, 7) is 9.55. The lowest BCUT2D eigenvalue weighted by atomic mass is 10.2. The lowest BCUT2D eigenvalue weighted by Crippen LogP contribution is -2.45. The molecule has 0 aliphatic heterocycles. The topological polar surface area (TPSA) is 173 Å². The van der Waals surface area contributed by atoms with Gasteiger partial charge >= 0.3 is 36.2 Å². The molecular formula is C27H36N2O12. The van der Waals surface area contributed by atoms with Gasteiger partial charge < -0.3 is 24.3 Å². The molecule has 1 fully saturated rings. The van der Waals surface area contributed by atoms with Crippen molar-refractivity contribution in [3.63, 3.8) is 0 Å². The Hall–Kier alpha value is -4.36. The van der Waals surface area contributed by atoms with Gasteiger partial charge in [0.2, 0.25) is 0 Å². The quantitative estimate of drug-likeness (QED) is 0.206. The Morgan fingerprint density at radius 3 is 1.98 bits per heavy atom. The molecule has 14 heteroatoms. The van der Waals surface area contributed by atoms with Crippen LogP contribution in [-0.2, 0) is 49.7 Å². The minimum absolute atomic E-state index is 0.00840. The first-order valence-electron chi connectivity index (χ1n) is 12.7. The third kappa shape index (κ3) is 11.3. The van der Waals surface area contributed by atoms with Crippen molar-refractivity contribution in [1.82, 2.24) is 10.2 Å². The number of rotatable bonds is 8. The number of methoxy groups -OCH3 is 1. The van der Waals surface area contributed by atoms with Gasteiger partial charge in [-0.25, -0.2) is 43.4 Å². The Labute approximate surface area is 237 Å². The number of alkyl carbamates (subject to hydrolysis) is 1. The normalized spacial score (nSPS) is 16.8. The van der Waals surface area contributed by atoms with Gasteiger partial charge in [-0.3, -0.25) is 0 Å². The number of carbonyl (C=O) groups excluding carboxylic acids is 6. The number of hydrogen-bond acceptors (Lipinski definition) is 12. The number of ether oxygens (including phenoxy) is 4. The summed E-state index contributed by atoms with van der Waals surface area (Å²) in [5.74, 6) is -4.24. The van der Waals surface area contributed by atoms with E-state index in [1.54, 1.807) is 71.9 Å². The highest BCUT2D eigenvalue weighted by atomic mass is 17.2. The molecule has 1 aliphatic rings. The molecule has 0 aromatic heterocycles. The van der Waals surface area contributed by atoms with E-state index in [0.717, 1.165) is 7.11 Å². The summed E-state index contributed by atoms with van der Waals surface area (Å²) in [5.41, 5.74) is -1.18. The summed E-state index contributed by atoms with van der Waals surface area (Å²) in [6, 6.07) is 6.27. The molecule has 0 unspecified atom stereocenters.